The van der Waals surface area contributed by atoms with Crippen LogP contribution in [0.5, 0.6) is 0 Å². The molecular weight excluding hydrogens is 300 g/mol. The second-order valence-electron chi connectivity index (χ2n) is 5.62. The van der Waals surface area contributed by atoms with Crippen molar-refractivity contribution in [2.24, 2.45) is 0 Å². The molecule has 2 aromatic carbocycles. The summed E-state index contributed by atoms with van der Waals surface area (Å²) in [5.74, 6) is 0. The molecule has 0 fully saturated rings. The van der Waals surface area contributed by atoms with Crippen LogP contribution in [0.15, 0.2) is 36.4 Å². The fraction of sp³-hybridized carbons (Fsp3) is 0.200. The SMILES string of the molecule is O=[N+]([O-])c1cccc2c1N1Cc3cccc([N+](=O)[O-])c3N(C2)C1. The van der Waals surface area contributed by atoms with Crippen LogP contribution < -0.4 is 9.80 Å². The third-order valence-electron chi connectivity index (χ3n) is 4.29. The van der Waals surface area contributed by atoms with Crippen molar-refractivity contribution in [3.8, 4) is 0 Å². The highest BCUT2D eigenvalue weighted by Gasteiger charge is 2.37. The van der Waals surface area contributed by atoms with Crippen LogP contribution in [0.4, 0.5) is 22.7 Å². The lowest BCUT2D eigenvalue weighted by molar-refractivity contribution is -0.384. The Bertz CT molecular complexity index is 782. The molecule has 0 amide bonds. The number of benzene rings is 2. The largest absolute Gasteiger partial charge is 0.344 e. The third-order valence-corrected chi connectivity index (χ3v) is 4.29. The van der Waals surface area contributed by atoms with Crippen LogP contribution in [0, 0.1) is 20.2 Å². The van der Waals surface area contributed by atoms with Crippen LogP contribution in [0.3, 0.4) is 0 Å². The summed E-state index contributed by atoms with van der Waals surface area (Å²) in [5.41, 5.74) is 3.02. The van der Waals surface area contributed by atoms with Crippen molar-refractivity contribution in [1.82, 2.24) is 0 Å². The Hall–Kier alpha value is -3.16. The molecule has 8 nitrogen and oxygen atoms in total. The molecule has 2 aromatic rings. The van der Waals surface area contributed by atoms with Crippen molar-refractivity contribution < 1.29 is 9.85 Å². The molecule has 0 N–H and O–H groups in total. The first-order valence-electron chi connectivity index (χ1n) is 7.08. The molecule has 0 atom stereocenters. The molecule has 116 valence electrons. The van der Waals surface area contributed by atoms with E-state index in [1.165, 1.54) is 12.1 Å². The summed E-state index contributed by atoms with van der Waals surface area (Å²) in [6, 6.07) is 9.97. The van der Waals surface area contributed by atoms with Gasteiger partial charge in [-0.2, -0.15) is 0 Å². The normalized spacial score (nSPS) is 15.0. The van der Waals surface area contributed by atoms with E-state index in [-0.39, 0.29) is 21.2 Å². The Balaban J connectivity index is 1.88. The van der Waals surface area contributed by atoms with Crippen LogP contribution in [0.25, 0.3) is 0 Å². The van der Waals surface area contributed by atoms with Gasteiger partial charge in [0, 0.05) is 36.3 Å². The average Bonchev–Trinajstić information content (AvgIpc) is 2.53. The smallest absolute Gasteiger partial charge is 0.292 e. The molecule has 0 radical (unpaired) electrons. The Morgan fingerprint density at radius 2 is 1.22 bits per heavy atom. The number of rotatable bonds is 2. The van der Waals surface area contributed by atoms with Gasteiger partial charge in [0.05, 0.1) is 16.5 Å². The van der Waals surface area contributed by atoms with Crippen LogP contribution in [0.1, 0.15) is 11.1 Å². The summed E-state index contributed by atoms with van der Waals surface area (Å²) in [6.07, 6.45) is 0. The Kier molecular flexibility index (Phi) is 2.74. The maximum Gasteiger partial charge on any atom is 0.292 e. The lowest BCUT2D eigenvalue weighted by Crippen LogP contribution is -2.46. The number of hydrogen-bond donors (Lipinski definition) is 0. The summed E-state index contributed by atoms with van der Waals surface area (Å²) in [7, 11) is 0. The second-order valence-corrected chi connectivity index (χ2v) is 5.62. The minimum absolute atomic E-state index is 0.0797. The molecule has 0 spiro atoms. The first-order chi connectivity index (χ1) is 11.1. The summed E-state index contributed by atoms with van der Waals surface area (Å²) in [6.45, 7) is 1.26. The molecule has 2 bridgehead atoms. The summed E-state index contributed by atoms with van der Waals surface area (Å²) in [4.78, 5) is 25.7. The van der Waals surface area contributed by atoms with Crippen molar-refractivity contribution in [2.45, 2.75) is 13.1 Å². The highest BCUT2D eigenvalue weighted by atomic mass is 16.6. The molecule has 0 unspecified atom stereocenters. The topological polar surface area (TPSA) is 92.8 Å². The molecule has 0 saturated heterocycles. The maximum atomic E-state index is 11.3. The average molecular weight is 312 g/mol. The van der Waals surface area contributed by atoms with E-state index in [1.807, 2.05) is 21.9 Å². The van der Waals surface area contributed by atoms with E-state index in [0.29, 0.717) is 31.1 Å². The molecule has 23 heavy (non-hydrogen) atoms. The van der Waals surface area contributed by atoms with Gasteiger partial charge >= 0.3 is 0 Å². The van der Waals surface area contributed by atoms with Gasteiger partial charge < -0.3 is 9.80 Å². The van der Waals surface area contributed by atoms with E-state index < -0.39 is 0 Å². The molecule has 2 aliphatic heterocycles. The van der Waals surface area contributed by atoms with Crippen LogP contribution in [0.2, 0.25) is 0 Å². The zero-order valence-electron chi connectivity index (χ0n) is 12.0. The maximum absolute atomic E-state index is 11.3. The fourth-order valence-electron chi connectivity index (χ4n) is 3.45. The van der Waals surface area contributed by atoms with Gasteiger partial charge in [0.1, 0.15) is 11.4 Å². The first-order valence-corrected chi connectivity index (χ1v) is 7.08. The van der Waals surface area contributed by atoms with Crippen molar-refractivity contribution in [2.75, 3.05) is 16.5 Å². The number of anilines is 2. The third kappa shape index (κ3) is 1.91. The van der Waals surface area contributed by atoms with Crippen molar-refractivity contribution in [3.63, 3.8) is 0 Å². The number of hydrogen-bond acceptors (Lipinski definition) is 6. The number of nitrogens with zero attached hydrogens (tertiary/aromatic N) is 4. The molecule has 0 aromatic heterocycles. The molecule has 4 rings (SSSR count). The van der Waals surface area contributed by atoms with E-state index in [2.05, 4.69) is 0 Å². The van der Waals surface area contributed by atoms with Crippen LogP contribution >= 0.6 is 0 Å². The van der Waals surface area contributed by atoms with Gasteiger partial charge in [0.25, 0.3) is 11.4 Å². The van der Waals surface area contributed by atoms with Gasteiger partial charge in [0.15, 0.2) is 0 Å². The Morgan fingerprint density at radius 3 is 1.61 bits per heavy atom. The second kappa shape index (κ2) is 4.67. The lowest BCUT2D eigenvalue weighted by atomic mass is 10.00. The monoisotopic (exact) mass is 312 g/mol. The first kappa shape index (κ1) is 13.5. The molecule has 2 heterocycles. The fourth-order valence-corrected chi connectivity index (χ4v) is 3.45. The zero-order valence-corrected chi connectivity index (χ0v) is 12.0. The standard InChI is InChI=1S/C15H12N4O4/c20-18(21)12-5-1-3-10-7-16-9-17(14(10)12)8-11-4-2-6-13(15(11)16)19(22)23/h1-6H,7-9H2. The van der Waals surface area contributed by atoms with Crippen LogP contribution in [-0.4, -0.2) is 16.5 Å². The van der Waals surface area contributed by atoms with Crippen LogP contribution in [-0.2, 0) is 13.1 Å². The Labute approximate surface area is 130 Å². The molecule has 0 saturated carbocycles. The minimum atomic E-state index is -0.378. The van der Waals surface area contributed by atoms with E-state index in [1.54, 1.807) is 12.1 Å². The molecule has 2 aliphatic rings. The number of nitro groups is 2. The predicted octanol–water partition coefficient (Wildman–Crippen LogP) is 2.80. The van der Waals surface area contributed by atoms with Crippen molar-refractivity contribution >= 4 is 22.7 Å². The number of nitro benzene ring substituents is 2. The van der Waals surface area contributed by atoms with Gasteiger partial charge in [-0.3, -0.25) is 20.2 Å². The van der Waals surface area contributed by atoms with E-state index in [9.17, 15) is 20.2 Å². The van der Waals surface area contributed by atoms with Gasteiger partial charge in [-0.15, -0.1) is 0 Å². The summed E-state index contributed by atoms with van der Waals surface area (Å²) in [5, 5.41) is 22.6. The molecular formula is C15H12N4O4. The predicted molar refractivity (Wildman–Crippen MR) is 83.4 cm³/mol. The van der Waals surface area contributed by atoms with E-state index in [4.69, 9.17) is 0 Å². The van der Waals surface area contributed by atoms with Gasteiger partial charge in [-0.25, -0.2) is 0 Å². The molecule has 0 aliphatic carbocycles. The lowest BCUT2D eigenvalue weighted by Gasteiger charge is -2.43. The summed E-state index contributed by atoms with van der Waals surface area (Å²) < 4.78 is 0. The Morgan fingerprint density at radius 1 is 0.783 bits per heavy atom. The van der Waals surface area contributed by atoms with Gasteiger partial charge in [-0.05, 0) is 0 Å². The van der Waals surface area contributed by atoms with Crippen molar-refractivity contribution in [1.29, 1.82) is 0 Å². The number of para-hydroxylation sites is 2. The quantitative estimate of drug-likeness (QED) is 0.625. The highest BCUT2D eigenvalue weighted by Crippen LogP contribution is 2.45. The minimum Gasteiger partial charge on any atom is -0.344 e. The van der Waals surface area contributed by atoms with E-state index in [0.717, 1.165) is 11.1 Å². The molecule has 8 heteroatoms. The van der Waals surface area contributed by atoms with E-state index >= 15 is 0 Å². The van der Waals surface area contributed by atoms with Gasteiger partial charge in [0.2, 0.25) is 0 Å². The van der Waals surface area contributed by atoms with Gasteiger partial charge in [-0.1, -0.05) is 24.3 Å². The van der Waals surface area contributed by atoms with Crippen molar-refractivity contribution in [3.05, 3.63) is 67.8 Å². The number of fused-ring (bicyclic) bond motifs is 6. The summed E-state index contributed by atoms with van der Waals surface area (Å²) >= 11 is 0. The zero-order chi connectivity index (χ0) is 16.1. The highest BCUT2D eigenvalue weighted by molar-refractivity contribution is 5.78.